The summed E-state index contributed by atoms with van der Waals surface area (Å²) in [5.74, 6) is -0.495. The Hall–Kier alpha value is -3.33. The van der Waals surface area contributed by atoms with Crippen molar-refractivity contribution in [2.45, 2.75) is 19.4 Å². The Bertz CT molecular complexity index is 837. The molecule has 2 aromatic rings. The van der Waals surface area contributed by atoms with Crippen LogP contribution in [-0.4, -0.2) is 30.0 Å². The Morgan fingerprint density at radius 2 is 1.74 bits per heavy atom. The van der Waals surface area contributed by atoms with Gasteiger partial charge in [0.05, 0.1) is 17.6 Å². The third kappa shape index (κ3) is 4.85. The van der Waals surface area contributed by atoms with Gasteiger partial charge < -0.3 is 15.0 Å². The number of esters is 1. The number of nitrogens with zero attached hydrogens (tertiary/aromatic N) is 2. The highest BCUT2D eigenvalue weighted by atomic mass is 16.5. The van der Waals surface area contributed by atoms with Gasteiger partial charge in [-0.25, -0.2) is 4.79 Å². The summed E-state index contributed by atoms with van der Waals surface area (Å²) >= 11 is 0. The second kappa shape index (κ2) is 8.86. The van der Waals surface area contributed by atoms with Gasteiger partial charge in [-0.1, -0.05) is 36.4 Å². The number of piperidine rings is 1. The molecule has 0 saturated carbocycles. The minimum absolute atomic E-state index is 0.0945. The van der Waals surface area contributed by atoms with Crippen LogP contribution in [-0.2, 0) is 16.1 Å². The van der Waals surface area contributed by atoms with Crippen LogP contribution in [0.5, 0.6) is 0 Å². The fourth-order valence-corrected chi connectivity index (χ4v) is 3.06. The Labute approximate surface area is 158 Å². The van der Waals surface area contributed by atoms with Crippen LogP contribution in [0.15, 0.2) is 54.6 Å². The number of ether oxygens (including phenoxy) is 1. The highest BCUT2D eigenvalue weighted by Gasteiger charge is 2.28. The van der Waals surface area contributed by atoms with Gasteiger partial charge in [0.1, 0.15) is 6.61 Å². The van der Waals surface area contributed by atoms with Crippen LogP contribution in [0.25, 0.3) is 0 Å². The standard InChI is InChI=1S/C21H21N3O3/c22-14-17-6-4-5-7-18(17)15-27-20(25)16-10-12-24(13-11-16)21(26)23-19-8-2-1-3-9-19/h1-9,16H,10-13,15H2,(H,23,26). The molecule has 0 radical (unpaired) electrons. The molecule has 1 aliphatic heterocycles. The number of nitriles is 1. The maximum atomic E-state index is 12.3. The van der Waals surface area contributed by atoms with E-state index in [1.807, 2.05) is 36.4 Å². The summed E-state index contributed by atoms with van der Waals surface area (Å²) in [5.41, 5.74) is 1.96. The summed E-state index contributed by atoms with van der Waals surface area (Å²) in [5, 5.41) is 11.9. The number of para-hydroxylation sites is 1. The van der Waals surface area contributed by atoms with Crippen molar-refractivity contribution in [2.75, 3.05) is 18.4 Å². The number of nitrogens with one attached hydrogen (secondary N) is 1. The number of likely N-dealkylation sites (tertiary alicyclic amines) is 1. The minimum atomic E-state index is -0.272. The molecule has 1 heterocycles. The monoisotopic (exact) mass is 363 g/mol. The van der Waals surface area contributed by atoms with Crippen molar-refractivity contribution < 1.29 is 14.3 Å². The Kier molecular flexibility index (Phi) is 6.06. The van der Waals surface area contributed by atoms with Crippen molar-refractivity contribution in [3.8, 4) is 6.07 Å². The largest absolute Gasteiger partial charge is 0.461 e. The van der Waals surface area contributed by atoms with Crippen molar-refractivity contribution >= 4 is 17.7 Å². The molecule has 0 aromatic heterocycles. The van der Waals surface area contributed by atoms with E-state index in [1.54, 1.807) is 23.1 Å². The zero-order chi connectivity index (χ0) is 19.1. The Balaban J connectivity index is 1.46. The van der Waals surface area contributed by atoms with E-state index < -0.39 is 0 Å². The fraction of sp³-hybridized carbons (Fsp3) is 0.286. The molecular weight excluding hydrogens is 342 g/mol. The zero-order valence-corrected chi connectivity index (χ0v) is 14.9. The summed E-state index contributed by atoms with van der Waals surface area (Å²) in [7, 11) is 0. The van der Waals surface area contributed by atoms with Crippen LogP contribution >= 0.6 is 0 Å². The Morgan fingerprint density at radius 3 is 2.44 bits per heavy atom. The van der Waals surface area contributed by atoms with Gasteiger partial charge in [0, 0.05) is 24.3 Å². The third-order valence-corrected chi connectivity index (χ3v) is 4.65. The number of rotatable bonds is 4. The van der Waals surface area contributed by atoms with E-state index in [1.165, 1.54) is 0 Å². The average Bonchev–Trinajstić information content (AvgIpc) is 2.73. The first kappa shape index (κ1) is 18.5. The molecule has 6 heteroatoms. The molecule has 2 aromatic carbocycles. The second-order valence-corrected chi connectivity index (χ2v) is 6.43. The van der Waals surface area contributed by atoms with Gasteiger partial charge in [0.2, 0.25) is 0 Å². The fourth-order valence-electron chi connectivity index (χ4n) is 3.06. The summed E-state index contributed by atoms with van der Waals surface area (Å²) in [4.78, 5) is 26.3. The summed E-state index contributed by atoms with van der Waals surface area (Å²) < 4.78 is 5.39. The summed E-state index contributed by atoms with van der Waals surface area (Å²) in [6.45, 7) is 1.11. The molecule has 2 amide bonds. The molecule has 1 aliphatic rings. The van der Waals surface area contributed by atoms with Gasteiger partial charge in [-0.15, -0.1) is 0 Å². The van der Waals surface area contributed by atoms with Crippen LogP contribution in [0.2, 0.25) is 0 Å². The molecule has 1 fully saturated rings. The Morgan fingerprint density at radius 1 is 1.07 bits per heavy atom. The predicted octanol–water partition coefficient (Wildman–Crippen LogP) is 3.55. The molecule has 6 nitrogen and oxygen atoms in total. The summed E-state index contributed by atoms with van der Waals surface area (Å²) in [6.07, 6.45) is 1.14. The molecule has 1 N–H and O–H groups in total. The third-order valence-electron chi connectivity index (χ3n) is 4.65. The van der Waals surface area contributed by atoms with E-state index in [4.69, 9.17) is 10.00 Å². The van der Waals surface area contributed by atoms with E-state index in [-0.39, 0.29) is 24.5 Å². The zero-order valence-electron chi connectivity index (χ0n) is 14.9. The lowest BCUT2D eigenvalue weighted by atomic mass is 9.97. The van der Waals surface area contributed by atoms with Gasteiger partial charge in [-0.3, -0.25) is 4.79 Å². The number of amides is 2. The molecule has 0 bridgehead atoms. The van der Waals surface area contributed by atoms with E-state index in [0.717, 1.165) is 5.69 Å². The number of carbonyl (C=O) groups excluding carboxylic acids is 2. The lowest BCUT2D eigenvalue weighted by molar-refractivity contribution is -0.151. The number of urea groups is 1. The van der Waals surface area contributed by atoms with Crippen molar-refractivity contribution in [3.05, 3.63) is 65.7 Å². The van der Waals surface area contributed by atoms with Crippen LogP contribution in [0.1, 0.15) is 24.0 Å². The highest BCUT2D eigenvalue weighted by molar-refractivity contribution is 5.89. The maximum absolute atomic E-state index is 12.3. The smallest absolute Gasteiger partial charge is 0.321 e. The lowest BCUT2D eigenvalue weighted by Gasteiger charge is -2.31. The van der Waals surface area contributed by atoms with Gasteiger partial charge in [-0.2, -0.15) is 5.26 Å². The van der Waals surface area contributed by atoms with Gasteiger partial charge in [0.15, 0.2) is 0 Å². The predicted molar refractivity (Wildman–Crippen MR) is 101 cm³/mol. The number of hydrogen-bond acceptors (Lipinski definition) is 4. The minimum Gasteiger partial charge on any atom is -0.461 e. The first-order valence-electron chi connectivity index (χ1n) is 8.93. The molecule has 1 saturated heterocycles. The molecule has 0 atom stereocenters. The molecular formula is C21H21N3O3. The van der Waals surface area contributed by atoms with E-state index in [2.05, 4.69) is 11.4 Å². The second-order valence-electron chi connectivity index (χ2n) is 6.43. The van der Waals surface area contributed by atoms with Gasteiger partial charge >= 0.3 is 12.0 Å². The average molecular weight is 363 g/mol. The van der Waals surface area contributed by atoms with Crippen molar-refractivity contribution in [1.29, 1.82) is 5.26 Å². The molecule has 138 valence electrons. The van der Waals surface area contributed by atoms with Gasteiger partial charge in [0.25, 0.3) is 0 Å². The number of hydrogen-bond donors (Lipinski definition) is 1. The van der Waals surface area contributed by atoms with Crippen LogP contribution in [0.3, 0.4) is 0 Å². The van der Waals surface area contributed by atoms with E-state index in [0.29, 0.717) is 37.1 Å². The van der Waals surface area contributed by atoms with Crippen LogP contribution in [0.4, 0.5) is 10.5 Å². The van der Waals surface area contributed by atoms with Gasteiger partial charge in [-0.05, 0) is 31.0 Å². The van der Waals surface area contributed by atoms with Crippen LogP contribution in [0, 0.1) is 17.2 Å². The topological polar surface area (TPSA) is 82.4 Å². The van der Waals surface area contributed by atoms with E-state index in [9.17, 15) is 9.59 Å². The van der Waals surface area contributed by atoms with Crippen molar-refractivity contribution in [3.63, 3.8) is 0 Å². The molecule has 3 rings (SSSR count). The highest BCUT2D eigenvalue weighted by Crippen LogP contribution is 2.20. The first-order valence-corrected chi connectivity index (χ1v) is 8.93. The molecule has 0 aliphatic carbocycles. The lowest BCUT2D eigenvalue weighted by Crippen LogP contribution is -2.42. The SMILES string of the molecule is N#Cc1ccccc1COC(=O)C1CCN(C(=O)Nc2ccccc2)CC1. The maximum Gasteiger partial charge on any atom is 0.321 e. The number of carbonyl (C=O) groups is 2. The normalized spacial score (nSPS) is 14.3. The first-order chi connectivity index (χ1) is 13.2. The van der Waals surface area contributed by atoms with E-state index >= 15 is 0 Å². The van der Waals surface area contributed by atoms with Crippen molar-refractivity contribution in [1.82, 2.24) is 4.90 Å². The number of benzene rings is 2. The quantitative estimate of drug-likeness (QED) is 0.842. The molecule has 0 unspecified atom stereocenters. The molecule has 27 heavy (non-hydrogen) atoms. The molecule has 0 spiro atoms. The number of anilines is 1. The van der Waals surface area contributed by atoms with Crippen molar-refractivity contribution in [2.24, 2.45) is 5.92 Å². The van der Waals surface area contributed by atoms with Crippen LogP contribution < -0.4 is 5.32 Å². The summed E-state index contributed by atoms with van der Waals surface area (Å²) in [6, 6.07) is 18.3.